The van der Waals surface area contributed by atoms with Gasteiger partial charge in [0.1, 0.15) is 9.92 Å². The zero-order chi connectivity index (χ0) is 16.3. The number of benzene rings is 2. The molecular weight excluding hydrogens is 298 g/mol. The Labute approximate surface area is 131 Å². The number of carbonyl (C=O) groups is 1. The number of nitrogens with two attached hydrogens (primary N) is 1. The van der Waals surface area contributed by atoms with Crippen LogP contribution >= 0.6 is 0 Å². The van der Waals surface area contributed by atoms with Gasteiger partial charge in [0.25, 0.3) is 5.91 Å². The first-order valence-electron chi connectivity index (χ1n) is 6.73. The molecule has 0 aromatic heterocycles. The summed E-state index contributed by atoms with van der Waals surface area (Å²) in [4.78, 5) is 14.4. The van der Waals surface area contributed by atoms with E-state index in [1.165, 1.54) is 0 Å². The van der Waals surface area contributed by atoms with Crippen molar-refractivity contribution < 1.29 is 9.00 Å². The molecule has 1 atom stereocenters. The molecule has 0 saturated heterocycles. The lowest BCUT2D eigenvalue weighted by Crippen LogP contribution is -2.15. The monoisotopic (exact) mass is 317 g/mol. The third kappa shape index (κ3) is 3.72. The number of hydrogen-bond acceptors (Lipinski definition) is 3. The van der Waals surface area contributed by atoms with Crippen LogP contribution in [0.25, 0.3) is 0 Å². The van der Waals surface area contributed by atoms with E-state index in [0.717, 1.165) is 11.3 Å². The summed E-state index contributed by atoms with van der Waals surface area (Å²) in [7, 11) is 0.580. The van der Waals surface area contributed by atoms with E-state index >= 15 is 0 Å². The van der Waals surface area contributed by atoms with E-state index in [4.69, 9.17) is 5.14 Å². The molecule has 22 heavy (non-hydrogen) atoms. The van der Waals surface area contributed by atoms with Crippen molar-refractivity contribution in [1.29, 1.82) is 0 Å². The molecule has 5 nitrogen and oxygen atoms in total. The first-order valence-corrected chi connectivity index (χ1v) is 8.31. The zero-order valence-corrected chi connectivity index (χ0v) is 13.6. The Kier molecular flexibility index (Phi) is 4.63. The van der Waals surface area contributed by atoms with Crippen molar-refractivity contribution >= 4 is 21.5 Å². The summed E-state index contributed by atoms with van der Waals surface area (Å²) in [5.74, 6) is -0.585. The maximum atomic E-state index is 12.4. The Balaban J connectivity index is 2.32. The molecule has 0 bridgehead atoms. The summed E-state index contributed by atoms with van der Waals surface area (Å²) in [6, 6.07) is 13.7. The third-order valence-corrected chi connectivity index (χ3v) is 4.59. The first-order chi connectivity index (χ1) is 10.3. The minimum absolute atomic E-state index is 0.344. The fraction of sp³-hybridized carbons (Fsp3) is 0.188. The average Bonchev–Trinajstić information content (AvgIpc) is 2.47. The fourth-order valence-electron chi connectivity index (χ4n) is 1.86. The molecule has 2 aromatic rings. The number of carbonyl (C=O) groups excluding carboxylic acids is 1. The predicted octanol–water partition coefficient (Wildman–Crippen LogP) is 2.60. The topological polar surface area (TPSA) is 75.8 Å². The maximum absolute atomic E-state index is 12.4. The van der Waals surface area contributed by atoms with Crippen LogP contribution in [-0.4, -0.2) is 24.2 Å². The molecule has 116 valence electrons. The van der Waals surface area contributed by atoms with Gasteiger partial charge in [-0.2, -0.15) is 0 Å². The van der Waals surface area contributed by atoms with Crippen molar-refractivity contribution in [2.45, 2.75) is 11.8 Å². The Morgan fingerprint density at radius 3 is 2.09 bits per heavy atom. The lowest BCUT2D eigenvalue weighted by atomic mass is 10.2. The van der Waals surface area contributed by atoms with Crippen LogP contribution < -0.4 is 10.0 Å². The molecule has 0 aliphatic heterocycles. The molecule has 6 heteroatoms. The van der Waals surface area contributed by atoms with Crippen LogP contribution in [0.15, 0.2) is 57.8 Å². The number of amides is 1. The van der Waals surface area contributed by atoms with Gasteiger partial charge in [0.15, 0.2) is 0 Å². The fourth-order valence-corrected chi connectivity index (χ4v) is 2.85. The molecule has 0 saturated carbocycles. The van der Waals surface area contributed by atoms with Crippen molar-refractivity contribution in [1.82, 2.24) is 0 Å². The van der Waals surface area contributed by atoms with Crippen LogP contribution in [0.4, 0.5) is 5.69 Å². The van der Waals surface area contributed by atoms with Gasteiger partial charge >= 0.3 is 0 Å². The van der Waals surface area contributed by atoms with Gasteiger partial charge < -0.3 is 4.90 Å². The summed E-state index contributed by atoms with van der Waals surface area (Å²) in [6.07, 6.45) is 0. The predicted molar refractivity (Wildman–Crippen MR) is 89.3 cm³/mol. The second-order valence-electron chi connectivity index (χ2n) is 5.22. The second kappa shape index (κ2) is 6.29. The second-order valence-corrected chi connectivity index (χ2v) is 7.01. The van der Waals surface area contributed by atoms with Gasteiger partial charge in [-0.25, -0.2) is 9.35 Å². The van der Waals surface area contributed by atoms with Crippen molar-refractivity contribution in [3.63, 3.8) is 0 Å². The number of rotatable bonds is 3. The van der Waals surface area contributed by atoms with Gasteiger partial charge in [0.2, 0.25) is 0 Å². The van der Waals surface area contributed by atoms with Gasteiger partial charge in [-0.05, 0) is 43.3 Å². The van der Waals surface area contributed by atoms with Crippen LogP contribution in [0.5, 0.6) is 0 Å². The maximum Gasteiger partial charge on any atom is 0.286 e. The Hall–Kier alpha value is -2.18. The summed E-state index contributed by atoms with van der Waals surface area (Å²) in [5.41, 5.74) is 2.34. The quantitative estimate of drug-likeness (QED) is 0.945. The zero-order valence-electron chi connectivity index (χ0n) is 12.8. The highest BCUT2D eigenvalue weighted by Crippen LogP contribution is 2.15. The van der Waals surface area contributed by atoms with Crippen LogP contribution in [0, 0.1) is 6.92 Å². The smallest absolute Gasteiger partial charge is 0.286 e. The number of anilines is 1. The SMILES string of the molecule is Cc1ccc(S(N)(=O)=NC(=O)c2ccc(N(C)C)cc2)cc1. The van der Waals surface area contributed by atoms with Gasteiger partial charge in [-0.15, -0.1) is 4.36 Å². The molecule has 0 aliphatic rings. The van der Waals surface area contributed by atoms with Crippen LogP contribution in [0.1, 0.15) is 15.9 Å². The van der Waals surface area contributed by atoms with Gasteiger partial charge in [0, 0.05) is 25.3 Å². The molecule has 0 spiro atoms. The summed E-state index contributed by atoms with van der Waals surface area (Å²) in [6.45, 7) is 1.91. The van der Waals surface area contributed by atoms with Crippen molar-refractivity contribution in [2.75, 3.05) is 19.0 Å². The molecule has 2 rings (SSSR count). The Morgan fingerprint density at radius 2 is 1.59 bits per heavy atom. The number of aryl methyl sites for hydroxylation is 1. The van der Waals surface area contributed by atoms with Gasteiger partial charge in [-0.3, -0.25) is 4.79 Å². The minimum atomic E-state index is -3.24. The van der Waals surface area contributed by atoms with Gasteiger partial charge in [0.05, 0.1) is 4.90 Å². The van der Waals surface area contributed by atoms with E-state index < -0.39 is 15.8 Å². The summed E-state index contributed by atoms with van der Waals surface area (Å²) in [5, 5.41) is 5.74. The Bertz CT molecular complexity index is 787. The molecular formula is C16H19N3O2S. The molecule has 2 N–H and O–H groups in total. The minimum Gasteiger partial charge on any atom is -0.378 e. The highest BCUT2D eigenvalue weighted by molar-refractivity contribution is 7.91. The molecule has 1 amide bonds. The molecule has 0 aliphatic carbocycles. The van der Waals surface area contributed by atoms with E-state index in [1.807, 2.05) is 25.9 Å². The molecule has 1 unspecified atom stereocenters. The number of nitrogens with zero attached hydrogens (tertiary/aromatic N) is 2. The molecule has 0 fully saturated rings. The van der Waals surface area contributed by atoms with E-state index in [-0.39, 0.29) is 0 Å². The molecule has 0 radical (unpaired) electrons. The largest absolute Gasteiger partial charge is 0.378 e. The highest BCUT2D eigenvalue weighted by Gasteiger charge is 2.12. The van der Waals surface area contributed by atoms with Crippen molar-refractivity contribution in [3.05, 3.63) is 59.7 Å². The van der Waals surface area contributed by atoms with Crippen LogP contribution in [0.2, 0.25) is 0 Å². The lowest BCUT2D eigenvalue weighted by molar-refractivity contribution is 0.100. The van der Waals surface area contributed by atoms with Gasteiger partial charge in [-0.1, -0.05) is 17.7 Å². The van der Waals surface area contributed by atoms with E-state index in [1.54, 1.807) is 48.5 Å². The molecule has 0 heterocycles. The average molecular weight is 317 g/mol. The van der Waals surface area contributed by atoms with Crippen molar-refractivity contribution in [2.24, 2.45) is 9.50 Å². The summed E-state index contributed by atoms with van der Waals surface area (Å²) < 4.78 is 16.1. The first kappa shape index (κ1) is 16.2. The normalized spacial score (nSPS) is 13.3. The van der Waals surface area contributed by atoms with Crippen LogP contribution in [-0.2, 0) is 9.92 Å². The van der Waals surface area contributed by atoms with E-state index in [0.29, 0.717) is 10.5 Å². The van der Waals surface area contributed by atoms with Crippen LogP contribution in [0.3, 0.4) is 0 Å². The standard InChI is InChI=1S/C16H19N3O2S/c1-12-4-10-15(11-5-12)22(17,21)18-16(20)13-6-8-14(9-7-13)19(2)3/h4-11H,1-3H3,(H2,17,18,20,21). The molecule has 2 aromatic carbocycles. The Morgan fingerprint density at radius 1 is 1.05 bits per heavy atom. The van der Waals surface area contributed by atoms with Crippen molar-refractivity contribution in [3.8, 4) is 0 Å². The highest BCUT2D eigenvalue weighted by atomic mass is 32.2. The van der Waals surface area contributed by atoms with E-state index in [9.17, 15) is 9.00 Å². The van der Waals surface area contributed by atoms with E-state index in [2.05, 4.69) is 4.36 Å². The third-order valence-electron chi connectivity index (χ3n) is 3.21. The number of hydrogen-bond donors (Lipinski definition) is 1. The lowest BCUT2D eigenvalue weighted by Gasteiger charge is -2.12. The summed E-state index contributed by atoms with van der Waals surface area (Å²) >= 11 is 0.